The summed E-state index contributed by atoms with van der Waals surface area (Å²) in [6.07, 6.45) is 1.14. The highest BCUT2D eigenvalue weighted by molar-refractivity contribution is 7.15. The fraction of sp³-hybridized carbons (Fsp3) is 0.444. The van der Waals surface area contributed by atoms with Crippen LogP contribution < -0.4 is 5.32 Å². The van der Waals surface area contributed by atoms with Crippen LogP contribution in [0.2, 0.25) is 0 Å². The third kappa shape index (κ3) is 3.50. The molecule has 108 valence electrons. The Hall–Kier alpha value is -1.12. The van der Waals surface area contributed by atoms with Crippen molar-refractivity contribution >= 4 is 11.3 Å². The van der Waals surface area contributed by atoms with Gasteiger partial charge in [-0.1, -0.05) is 52.0 Å². The summed E-state index contributed by atoms with van der Waals surface area (Å²) in [5.74, 6) is 0.598. The lowest BCUT2D eigenvalue weighted by Crippen LogP contribution is -2.18. The van der Waals surface area contributed by atoms with E-state index in [4.69, 9.17) is 0 Å². The summed E-state index contributed by atoms with van der Waals surface area (Å²) in [6.45, 7) is 9.90. The normalized spacial score (nSPS) is 12.8. The van der Waals surface area contributed by atoms with Crippen molar-refractivity contribution in [2.24, 2.45) is 0 Å². The first-order valence-corrected chi connectivity index (χ1v) is 8.40. The number of hydrogen-bond donors (Lipinski definition) is 1. The monoisotopic (exact) mass is 287 g/mol. The third-order valence-corrected chi connectivity index (χ3v) is 4.94. The maximum absolute atomic E-state index is 3.55. The molecule has 2 aromatic rings. The zero-order valence-electron chi connectivity index (χ0n) is 12.9. The summed E-state index contributed by atoms with van der Waals surface area (Å²) < 4.78 is 0. The van der Waals surface area contributed by atoms with Gasteiger partial charge in [-0.15, -0.1) is 11.3 Å². The molecule has 0 radical (unpaired) electrons. The van der Waals surface area contributed by atoms with Crippen molar-refractivity contribution in [1.82, 2.24) is 5.32 Å². The van der Waals surface area contributed by atoms with Gasteiger partial charge < -0.3 is 5.32 Å². The first-order chi connectivity index (χ1) is 9.65. The van der Waals surface area contributed by atoms with E-state index in [0.717, 1.165) is 13.0 Å². The Morgan fingerprint density at radius 3 is 2.25 bits per heavy atom. The van der Waals surface area contributed by atoms with E-state index in [1.807, 2.05) is 11.3 Å². The van der Waals surface area contributed by atoms with Crippen LogP contribution in [0.3, 0.4) is 0 Å². The van der Waals surface area contributed by atoms with Crippen LogP contribution >= 0.6 is 11.3 Å². The van der Waals surface area contributed by atoms with Crippen molar-refractivity contribution in [2.75, 3.05) is 6.54 Å². The average molecular weight is 287 g/mol. The molecule has 2 rings (SSSR count). The van der Waals surface area contributed by atoms with Crippen LogP contribution in [0.25, 0.3) is 10.4 Å². The Morgan fingerprint density at radius 2 is 1.70 bits per heavy atom. The molecule has 0 saturated heterocycles. The zero-order valence-corrected chi connectivity index (χ0v) is 13.8. The molecule has 0 bridgehead atoms. The van der Waals surface area contributed by atoms with E-state index in [2.05, 4.69) is 69.4 Å². The fourth-order valence-electron chi connectivity index (χ4n) is 2.42. The van der Waals surface area contributed by atoms with E-state index in [-0.39, 0.29) is 0 Å². The Morgan fingerprint density at radius 1 is 1.00 bits per heavy atom. The van der Waals surface area contributed by atoms with E-state index in [1.165, 1.54) is 20.9 Å². The molecule has 0 saturated carbocycles. The van der Waals surface area contributed by atoms with Crippen LogP contribution in [0, 0.1) is 0 Å². The van der Waals surface area contributed by atoms with Gasteiger partial charge in [0.2, 0.25) is 0 Å². The molecule has 2 heteroatoms. The van der Waals surface area contributed by atoms with Crippen LogP contribution in [0.5, 0.6) is 0 Å². The molecule has 1 atom stereocenters. The van der Waals surface area contributed by atoms with Gasteiger partial charge in [0.15, 0.2) is 0 Å². The largest absolute Gasteiger partial charge is 0.310 e. The van der Waals surface area contributed by atoms with Gasteiger partial charge in [0, 0.05) is 15.8 Å². The van der Waals surface area contributed by atoms with Crippen LogP contribution in [0.4, 0.5) is 0 Å². The number of benzene rings is 1. The summed E-state index contributed by atoms with van der Waals surface area (Å²) in [5, 5.41) is 3.55. The standard InChI is InChI=1S/C18H25NS/c1-5-16(19-6-2)18-12-11-17(20-18)15-9-7-14(8-10-15)13(3)4/h7-13,16,19H,5-6H2,1-4H3. The lowest BCUT2D eigenvalue weighted by molar-refractivity contribution is 0.545. The number of nitrogens with one attached hydrogen (secondary N) is 1. The highest BCUT2D eigenvalue weighted by Crippen LogP contribution is 2.33. The van der Waals surface area contributed by atoms with Crippen molar-refractivity contribution in [3.05, 3.63) is 46.8 Å². The van der Waals surface area contributed by atoms with Gasteiger partial charge in [-0.05, 0) is 42.1 Å². The van der Waals surface area contributed by atoms with Gasteiger partial charge in [0.05, 0.1) is 0 Å². The molecule has 1 heterocycles. The lowest BCUT2D eigenvalue weighted by Gasteiger charge is -2.13. The summed E-state index contributed by atoms with van der Waals surface area (Å²) in [4.78, 5) is 2.81. The first kappa shape index (κ1) is 15.3. The van der Waals surface area contributed by atoms with Crippen LogP contribution in [0.1, 0.15) is 56.5 Å². The lowest BCUT2D eigenvalue weighted by atomic mass is 10.0. The summed E-state index contributed by atoms with van der Waals surface area (Å²) in [7, 11) is 0. The maximum Gasteiger partial charge on any atom is 0.0412 e. The quantitative estimate of drug-likeness (QED) is 0.729. The summed E-state index contributed by atoms with van der Waals surface area (Å²) >= 11 is 1.91. The van der Waals surface area contributed by atoms with E-state index >= 15 is 0 Å². The highest BCUT2D eigenvalue weighted by atomic mass is 32.1. The molecule has 0 aliphatic rings. The van der Waals surface area contributed by atoms with Gasteiger partial charge in [-0.3, -0.25) is 0 Å². The minimum Gasteiger partial charge on any atom is -0.310 e. The third-order valence-electron chi connectivity index (χ3n) is 3.69. The molecule has 0 spiro atoms. The van der Waals surface area contributed by atoms with Gasteiger partial charge in [-0.25, -0.2) is 0 Å². The molecule has 1 aromatic carbocycles. The second-order valence-electron chi connectivity index (χ2n) is 5.50. The number of rotatable bonds is 6. The summed E-state index contributed by atoms with van der Waals surface area (Å²) in [6, 6.07) is 14.0. The van der Waals surface area contributed by atoms with E-state index in [1.54, 1.807) is 0 Å². The van der Waals surface area contributed by atoms with Crippen molar-refractivity contribution < 1.29 is 0 Å². The van der Waals surface area contributed by atoms with Gasteiger partial charge in [0.25, 0.3) is 0 Å². The molecule has 0 aliphatic carbocycles. The first-order valence-electron chi connectivity index (χ1n) is 7.59. The number of hydrogen-bond acceptors (Lipinski definition) is 2. The van der Waals surface area contributed by atoms with Crippen LogP contribution in [-0.2, 0) is 0 Å². The Labute approximate surface area is 127 Å². The Bertz CT molecular complexity index is 525. The fourth-order valence-corrected chi connectivity index (χ4v) is 3.59. The molecule has 0 amide bonds. The zero-order chi connectivity index (χ0) is 14.5. The van der Waals surface area contributed by atoms with Gasteiger partial charge in [0.1, 0.15) is 0 Å². The second-order valence-corrected chi connectivity index (χ2v) is 6.61. The van der Waals surface area contributed by atoms with Gasteiger partial charge >= 0.3 is 0 Å². The van der Waals surface area contributed by atoms with Crippen LogP contribution in [0.15, 0.2) is 36.4 Å². The molecule has 1 aromatic heterocycles. The van der Waals surface area contributed by atoms with E-state index < -0.39 is 0 Å². The van der Waals surface area contributed by atoms with Crippen molar-refractivity contribution in [1.29, 1.82) is 0 Å². The van der Waals surface area contributed by atoms with Crippen molar-refractivity contribution in [2.45, 2.75) is 46.1 Å². The Balaban J connectivity index is 2.19. The predicted molar refractivity (Wildman–Crippen MR) is 90.6 cm³/mol. The topological polar surface area (TPSA) is 12.0 Å². The molecule has 0 aliphatic heterocycles. The van der Waals surface area contributed by atoms with Crippen LogP contribution in [-0.4, -0.2) is 6.54 Å². The van der Waals surface area contributed by atoms with Crippen molar-refractivity contribution in [3.63, 3.8) is 0 Å². The Kier molecular flexibility index (Phi) is 5.38. The highest BCUT2D eigenvalue weighted by Gasteiger charge is 2.11. The van der Waals surface area contributed by atoms with E-state index in [0.29, 0.717) is 12.0 Å². The molecular formula is C18H25NS. The minimum atomic E-state index is 0.494. The van der Waals surface area contributed by atoms with Gasteiger partial charge in [-0.2, -0.15) is 0 Å². The molecule has 0 fully saturated rings. The second kappa shape index (κ2) is 7.05. The summed E-state index contributed by atoms with van der Waals surface area (Å²) in [5.41, 5.74) is 2.74. The average Bonchev–Trinajstić information content (AvgIpc) is 2.94. The molecule has 1 unspecified atom stereocenters. The molecular weight excluding hydrogens is 262 g/mol. The van der Waals surface area contributed by atoms with Crippen molar-refractivity contribution in [3.8, 4) is 10.4 Å². The maximum atomic E-state index is 3.55. The molecule has 20 heavy (non-hydrogen) atoms. The predicted octanol–water partition coefficient (Wildman–Crippen LogP) is 5.60. The minimum absolute atomic E-state index is 0.494. The smallest absolute Gasteiger partial charge is 0.0412 e. The molecule has 1 nitrogen and oxygen atoms in total. The van der Waals surface area contributed by atoms with E-state index in [9.17, 15) is 0 Å². The SMILES string of the molecule is CCNC(CC)c1ccc(-c2ccc(C(C)C)cc2)s1. The number of thiophene rings is 1. The molecule has 1 N–H and O–H groups in total.